The van der Waals surface area contributed by atoms with Crippen LogP contribution in [0.2, 0.25) is 0 Å². The molecule has 0 aliphatic rings. The van der Waals surface area contributed by atoms with Crippen molar-refractivity contribution in [3.05, 3.63) is 59.8 Å². The van der Waals surface area contributed by atoms with Crippen molar-refractivity contribution in [2.45, 2.75) is 13.2 Å². The predicted octanol–water partition coefficient (Wildman–Crippen LogP) is 3.22. The van der Waals surface area contributed by atoms with Crippen molar-refractivity contribution in [3.63, 3.8) is 0 Å². The van der Waals surface area contributed by atoms with Gasteiger partial charge in [0.2, 0.25) is 0 Å². The van der Waals surface area contributed by atoms with Crippen molar-refractivity contribution in [1.29, 1.82) is 0 Å². The van der Waals surface area contributed by atoms with Gasteiger partial charge in [-0.05, 0) is 23.8 Å². The minimum atomic E-state index is 0.481. The number of nitrogens with zero attached hydrogens (tertiary/aromatic N) is 1. The minimum absolute atomic E-state index is 0.481. The van der Waals surface area contributed by atoms with E-state index in [9.17, 15) is 0 Å². The Morgan fingerprint density at radius 2 is 1.77 bits per heavy atom. The average molecular weight is 296 g/mol. The summed E-state index contributed by atoms with van der Waals surface area (Å²) in [4.78, 5) is 0. The molecule has 2 N–H and O–H groups in total. The zero-order valence-corrected chi connectivity index (χ0v) is 12.9. The van der Waals surface area contributed by atoms with E-state index in [0.29, 0.717) is 13.2 Å². The van der Waals surface area contributed by atoms with Crippen LogP contribution in [0.4, 0.5) is 0 Å². The van der Waals surface area contributed by atoms with Gasteiger partial charge >= 0.3 is 0 Å². The normalized spacial score (nSPS) is 10.9. The van der Waals surface area contributed by atoms with Gasteiger partial charge < -0.3 is 19.8 Å². The van der Waals surface area contributed by atoms with Crippen LogP contribution in [0.25, 0.3) is 10.9 Å². The Balaban J connectivity index is 1.94. The molecule has 0 unspecified atom stereocenters. The number of fused-ring (bicyclic) bond motifs is 1. The lowest BCUT2D eigenvalue weighted by Gasteiger charge is -2.10. The molecule has 0 radical (unpaired) electrons. The Morgan fingerprint density at radius 3 is 2.50 bits per heavy atom. The molecule has 0 amide bonds. The number of hydrogen-bond acceptors (Lipinski definition) is 3. The Bertz CT molecular complexity index is 793. The summed E-state index contributed by atoms with van der Waals surface area (Å²) in [6.45, 7) is 0.998. The third-order valence-electron chi connectivity index (χ3n) is 3.85. The monoisotopic (exact) mass is 296 g/mol. The third kappa shape index (κ3) is 2.53. The lowest BCUT2D eigenvalue weighted by atomic mass is 10.1. The molecule has 114 valence electrons. The molecule has 0 fully saturated rings. The third-order valence-corrected chi connectivity index (χ3v) is 3.85. The number of rotatable bonds is 5. The lowest BCUT2D eigenvalue weighted by Crippen LogP contribution is -2.00. The second-order valence-corrected chi connectivity index (χ2v) is 5.22. The summed E-state index contributed by atoms with van der Waals surface area (Å²) < 4.78 is 13.4. The molecule has 0 spiro atoms. The van der Waals surface area contributed by atoms with Gasteiger partial charge in [0, 0.05) is 36.3 Å². The number of aryl methyl sites for hydroxylation is 1. The first kappa shape index (κ1) is 14.5. The molecule has 0 aliphatic heterocycles. The molecule has 4 heteroatoms. The van der Waals surface area contributed by atoms with Crippen molar-refractivity contribution >= 4 is 10.9 Å². The van der Waals surface area contributed by atoms with E-state index in [4.69, 9.17) is 15.2 Å². The zero-order chi connectivity index (χ0) is 15.5. The SMILES string of the molecule is COc1ccccc1OCc1cn(C)c2cccc(CN)c12. The molecular formula is C18H20N2O2. The van der Waals surface area contributed by atoms with Gasteiger partial charge in [0.15, 0.2) is 11.5 Å². The van der Waals surface area contributed by atoms with E-state index >= 15 is 0 Å². The molecule has 4 nitrogen and oxygen atoms in total. The van der Waals surface area contributed by atoms with Crippen molar-refractivity contribution < 1.29 is 9.47 Å². The van der Waals surface area contributed by atoms with Crippen LogP contribution in [0, 0.1) is 0 Å². The van der Waals surface area contributed by atoms with Crippen LogP contribution in [-0.2, 0) is 20.2 Å². The summed E-state index contributed by atoms with van der Waals surface area (Å²) in [6, 6.07) is 13.9. The highest BCUT2D eigenvalue weighted by atomic mass is 16.5. The first-order valence-corrected chi connectivity index (χ1v) is 7.26. The lowest BCUT2D eigenvalue weighted by molar-refractivity contribution is 0.285. The number of aromatic nitrogens is 1. The quantitative estimate of drug-likeness (QED) is 0.786. The minimum Gasteiger partial charge on any atom is -0.493 e. The molecule has 1 aromatic heterocycles. The molecule has 0 bridgehead atoms. The van der Waals surface area contributed by atoms with Crippen LogP contribution in [0.5, 0.6) is 11.5 Å². The molecule has 3 aromatic rings. The van der Waals surface area contributed by atoms with Gasteiger partial charge in [-0.2, -0.15) is 0 Å². The maximum Gasteiger partial charge on any atom is 0.161 e. The fourth-order valence-electron chi connectivity index (χ4n) is 2.79. The number of hydrogen-bond donors (Lipinski definition) is 1. The maximum absolute atomic E-state index is 5.96. The molecule has 2 aromatic carbocycles. The Hall–Kier alpha value is -2.46. The van der Waals surface area contributed by atoms with Crippen LogP contribution in [0.1, 0.15) is 11.1 Å². The smallest absolute Gasteiger partial charge is 0.161 e. The zero-order valence-electron chi connectivity index (χ0n) is 12.9. The standard InChI is InChI=1S/C18H20N2O2/c1-20-11-14(18-13(10-19)6-5-7-15(18)20)12-22-17-9-4-3-8-16(17)21-2/h3-9,11H,10,12,19H2,1-2H3. The highest BCUT2D eigenvalue weighted by Gasteiger charge is 2.11. The second kappa shape index (κ2) is 6.12. The van der Waals surface area contributed by atoms with Crippen LogP contribution < -0.4 is 15.2 Å². The van der Waals surface area contributed by atoms with Crippen LogP contribution in [0.15, 0.2) is 48.7 Å². The van der Waals surface area contributed by atoms with E-state index in [-0.39, 0.29) is 0 Å². The van der Waals surface area contributed by atoms with Gasteiger partial charge in [0.05, 0.1) is 7.11 Å². The van der Waals surface area contributed by atoms with Crippen molar-refractivity contribution in [2.75, 3.05) is 7.11 Å². The fourth-order valence-corrected chi connectivity index (χ4v) is 2.79. The van der Waals surface area contributed by atoms with E-state index in [1.807, 2.05) is 37.4 Å². The Morgan fingerprint density at radius 1 is 1.00 bits per heavy atom. The highest BCUT2D eigenvalue weighted by molar-refractivity contribution is 5.87. The van der Waals surface area contributed by atoms with E-state index in [2.05, 4.69) is 22.9 Å². The molecule has 22 heavy (non-hydrogen) atoms. The highest BCUT2D eigenvalue weighted by Crippen LogP contribution is 2.29. The molecule has 0 atom stereocenters. The molecule has 3 rings (SSSR count). The molecule has 0 saturated carbocycles. The van der Waals surface area contributed by atoms with Crippen molar-refractivity contribution in [3.8, 4) is 11.5 Å². The second-order valence-electron chi connectivity index (χ2n) is 5.22. The molecular weight excluding hydrogens is 276 g/mol. The van der Waals surface area contributed by atoms with Crippen LogP contribution in [-0.4, -0.2) is 11.7 Å². The van der Waals surface area contributed by atoms with E-state index in [1.165, 1.54) is 10.9 Å². The van der Waals surface area contributed by atoms with Gasteiger partial charge in [-0.1, -0.05) is 24.3 Å². The first-order valence-electron chi connectivity index (χ1n) is 7.26. The first-order chi connectivity index (χ1) is 10.7. The Labute approximate surface area is 130 Å². The average Bonchev–Trinajstić information content (AvgIpc) is 2.89. The van der Waals surface area contributed by atoms with Crippen LogP contribution in [0.3, 0.4) is 0 Å². The predicted molar refractivity (Wildman–Crippen MR) is 88.1 cm³/mol. The van der Waals surface area contributed by atoms with E-state index in [0.717, 1.165) is 22.6 Å². The Kier molecular flexibility index (Phi) is 4.02. The summed E-state index contributed by atoms with van der Waals surface area (Å²) in [5.74, 6) is 1.48. The number of nitrogens with two attached hydrogens (primary N) is 1. The van der Waals surface area contributed by atoms with Gasteiger partial charge in [-0.25, -0.2) is 0 Å². The molecule has 0 aliphatic carbocycles. The van der Waals surface area contributed by atoms with Gasteiger partial charge in [0.25, 0.3) is 0 Å². The molecule has 0 saturated heterocycles. The summed E-state index contributed by atoms with van der Waals surface area (Å²) in [7, 11) is 3.68. The summed E-state index contributed by atoms with van der Waals surface area (Å²) >= 11 is 0. The largest absolute Gasteiger partial charge is 0.493 e. The summed E-state index contributed by atoms with van der Waals surface area (Å²) in [5.41, 5.74) is 9.31. The van der Waals surface area contributed by atoms with Gasteiger partial charge in [-0.15, -0.1) is 0 Å². The number of para-hydroxylation sites is 2. The number of ether oxygens (including phenoxy) is 2. The summed E-state index contributed by atoms with van der Waals surface area (Å²) in [6.07, 6.45) is 2.10. The van der Waals surface area contributed by atoms with Gasteiger partial charge in [0.1, 0.15) is 6.61 Å². The van der Waals surface area contributed by atoms with E-state index < -0.39 is 0 Å². The molecule has 1 heterocycles. The maximum atomic E-state index is 5.96. The van der Waals surface area contributed by atoms with Crippen molar-refractivity contribution in [1.82, 2.24) is 4.57 Å². The number of methoxy groups -OCH3 is 1. The topological polar surface area (TPSA) is 49.4 Å². The fraction of sp³-hybridized carbons (Fsp3) is 0.222. The van der Waals surface area contributed by atoms with Gasteiger partial charge in [-0.3, -0.25) is 0 Å². The van der Waals surface area contributed by atoms with Crippen LogP contribution >= 0.6 is 0 Å². The summed E-state index contributed by atoms with van der Waals surface area (Å²) in [5, 5.41) is 1.18. The number of benzene rings is 2. The van der Waals surface area contributed by atoms with E-state index in [1.54, 1.807) is 7.11 Å². The van der Waals surface area contributed by atoms with Crippen molar-refractivity contribution in [2.24, 2.45) is 12.8 Å².